The lowest BCUT2D eigenvalue weighted by atomic mass is 10.2. The summed E-state index contributed by atoms with van der Waals surface area (Å²) in [7, 11) is 0. The van der Waals surface area contributed by atoms with Crippen molar-refractivity contribution in [2.45, 2.75) is 25.7 Å². The Morgan fingerprint density at radius 2 is 1.94 bits per heavy atom. The molecule has 0 N–H and O–H groups in total. The van der Waals surface area contributed by atoms with Gasteiger partial charge in [0.15, 0.2) is 0 Å². The van der Waals surface area contributed by atoms with Gasteiger partial charge in [-0.05, 0) is 25.0 Å². The molecule has 1 aromatic rings. The van der Waals surface area contributed by atoms with Gasteiger partial charge in [0.05, 0.1) is 12.8 Å². The maximum atomic E-state index is 5.48. The second-order valence-electron chi connectivity index (χ2n) is 3.75. The number of rotatable bonds is 10. The third kappa shape index (κ3) is 8.16. The molecule has 0 aliphatic rings. The van der Waals surface area contributed by atoms with Crippen molar-refractivity contribution >= 4 is 15.9 Å². The van der Waals surface area contributed by atoms with E-state index < -0.39 is 0 Å². The molecule has 0 fully saturated rings. The Morgan fingerprint density at radius 1 is 1.06 bits per heavy atom. The van der Waals surface area contributed by atoms with Crippen molar-refractivity contribution in [1.29, 1.82) is 0 Å². The normalized spacial score (nSPS) is 10.4. The molecule has 1 rings (SSSR count). The first-order valence-corrected chi connectivity index (χ1v) is 7.22. The van der Waals surface area contributed by atoms with Crippen LogP contribution in [0.15, 0.2) is 24.5 Å². The van der Waals surface area contributed by atoms with Gasteiger partial charge in [0.25, 0.3) is 0 Å². The number of halogens is 1. The predicted molar refractivity (Wildman–Crippen MR) is 72.8 cm³/mol. The Kier molecular flexibility index (Phi) is 8.96. The Labute approximate surface area is 112 Å². The monoisotopic (exact) mass is 301 g/mol. The van der Waals surface area contributed by atoms with Crippen LogP contribution in [0.5, 0.6) is 5.75 Å². The molecule has 4 heteroatoms. The lowest BCUT2D eigenvalue weighted by Gasteiger charge is -2.06. The summed E-state index contributed by atoms with van der Waals surface area (Å²) in [6.07, 6.45) is 8.36. The van der Waals surface area contributed by atoms with Crippen molar-refractivity contribution in [2.75, 3.05) is 25.2 Å². The number of hydrogen-bond donors (Lipinski definition) is 0. The van der Waals surface area contributed by atoms with Crippen molar-refractivity contribution in [2.24, 2.45) is 0 Å². The molecular weight excluding hydrogens is 282 g/mol. The van der Waals surface area contributed by atoms with Gasteiger partial charge in [-0.15, -0.1) is 0 Å². The van der Waals surface area contributed by atoms with Crippen LogP contribution in [0.4, 0.5) is 0 Å². The maximum absolute atomic E-state index is 5.48. The summed E-state index contributed by atoms with van der Waals surface area (Å²) in [5.74, 6) is 0.799. The highest BCUT2D eigenvalue weighted by molar-refractivity contribution is 9.09. The summed E-state index contributed by atoms with van der Waals surface area (Å²) in [4.78, 5) is 3.97. The van der Waals surface area contributed by atoms with Gasteiger partial charge in [-0.25, -0.2) is 0 Å². The molecule has 0 unspecified atom stereocenters. The third-order valence-corrected chi connectivity index (χ3v) is 2.86. The van der Waals surface area contributed by atoms with E-state index in [9.17, 15) is 0 Å². The number of aromatic nitrogens is 1. The average molecular weight is 302 g/mol. The second-order valence-corrected chi connectivity index (χ2v) is 4.55. The van der Waals surface area contributed by atoms with E-state index >= 15 is 0 Å². The van der Waals surface area contributed by atoms with E-state index in [1.807, 2.05) is 12.1 Å². The summed E-state index contributed by atoms with van der Waals surface area (Å²) >= 11 is 3.42. The zero-order valence-electron chi connectivity index (χ0n) is 10.1. The highest BCUT2D eigenvalue weighted by atomic mass is 79.9. The summed E-state index contributed by atoms with van der Waals surface area (Å²) < 4.78 is 10.9. The van der Waals surface area contributed by atoms with Crippen LogP contribution in [0.25, 0.3) is 0 Å². The molecule has 0 atom stereocenters. The molecule has 1 heterocycles. The van der Waals surface area contributed by atoms with Gasteiger partial charge in [0.2, 0.25) is 0 Å². The van der Waals surface area contributed by atoms with E-state index in [0.717, 1.165) is 24.1 Å². The van der Waals surface area contributed by atoms with Crippen molar-refractivity contribution in [3.8, 4) is 5.75 Å². The van der Waals surface area contributed by atoms with E-state index in [2.05, 4.69) is 20.9 Å². The minimum absolute atomic E-state index is 0.590. The van der Waals surface area contributed by atoms with Crippen LogP contribution in [0.3, 0.4) is 0 Å². The van der Waals surface area contributed by atoms with Gasteiger partial charge in [-0.2, -0.15) is 0 Å². The molecule has 1 aromatic heterocycles. The van der Waals surface area contributed by atoms with E-state index in [1.165, 1.54) is 19.3 Å². The molecule has 0 saturated heterocycles. The highest BCUT2D eigenvalue weighted by Gasteiger charge is 1.93. The van der Waals surface area contributed by atoms with E-state index in [1.54, 1.807) is 12.4 Å². The Hall–Kier alpha value is -0.610. The zero-order chi connectivity index (χ0) is 12.2. The van der Waals surface area contributed by atoms with Crippen molar-refractivity contribution in [1.82, 2.24) is 4.98 Å². The summed E-state index contributed by atoms with van der Waals surface area (Å²) in [6, 6.07) is 3.76. The topological polar surface area (TPSA) is 31.4 Å². The van der Waals surface area contributed by atoms with Crippen LogP contribution in [0.1, 0.15) is 25.7 Å². The summed E-state index contributed by atoms with van der Waals surface area (Å²) in [5.41, 5.74) is 0. The van der Waals surface area contributed by atoms with E-state index in [0.29, 0.717) is 13.2 Å². The number of hydrogen-bond acceptors (Lipinski definition) is 3. The van der Waals surface area contributed by atoms with Gasteiger partial charge < -0.3 is 9.47 Å². The molecule has 0 amide bonds. The first kappa shape index (κ1) is 14.5. The summed E-state index contributed by atoms with van der Waals surface area (Å²) in [5, 5.41) is 1.10. The molecule has 17 heavy (non-hydrogen) atoms. The Balaban J connectivity index is 1.85. The minimum atomic E-state index is 0.590. The fraction of sp³-hybridized carbons (Fsp3) is 0.615. The molecule has 0 aliphatic carbocycles. The molecule has 3 nitrogen and oxygen atoms in total. The number of ether oxygens (including phenoxy) is 2. The van der Waals surface area contributed by atoms with E-state index in [-0.39, 0.29) is 0 Å². The number of nitrogens with zero attached hydrogens (tertiary/aromatic N) is 1. The quantitative estimate of drug-likeness (QED) is 0.490. The molecule has 0 saturated carbocycles. The fourth-order valence-electron chi connectivity index (χ4n) is 1.41. The molecule has 0 aliphatic heterocycles. The average Bonchev–Trinajstić information content (AvgIpc) is 2.38. The number of pyridine rings is 1. The highest BCUT2D eigenvalue weighted by Crippen LogP contribution is 2.05. The molecule has 0 bridgehead atoms. The molecule has 0 aromatic carbocycles. The lowest BCUT2D eigenvalue weighted by Crippen LogP contribution is -2.07. The van der Waals surface area contributed by atoms with Gasteiger partial charge in [-0.3, -0.25) is 4.98 Å². The van der Waals surface area contributed by atoms with Crippen molar-refractivity contribution < 1.29 is 9.47 Å². The van der Waals surface area contributed by atoms with Gasteiger partial charge in [0.1, 0.15) is 12.4 Å². The summed E-state index contributed by atoms with van der Waals surface area (Å²) in [6.45, 7) is 2.07. The van der Waals surface area contributed by atoms with Gasteiger partial charge in [-0.1, -0.05) is 28.8 Å². The third-order valence-electron chi connectivity index (χ3n) is 2.30. The fourth-order valence-corrected chi connectivity index (χ4v) is 1.80. The van der Waals surface area contributed by atoms with E-state index in [4.69, 9.17) is 9.47 Å². The second kappa shape index (κ2) is 10.5. The Bertz CT molecular complexity index is 269. The maximum Gasteiger partial charge on any atom is 0.137 e. The van der Waals surface area contributed by atoms with Crippen LogP contribution in [0.2, 0.25) is 0 Å². The zero-order valence-corrected chi connectivity index (χ0v) is 11.7. The standard InChI is InChI=1S/C13H20BrNO2/c14-7-3-1-2-4-9-16-10-11-17-13-6-5-8-15-12-13/h5-6,8,12H,1-4,7,9-11H2. The van der Waals surface area contributed by atoms with Crippen molar-refractivity contribution in [3.05, 3.63) is 24.5 Å². The minimum Gasteiger partial charge on any atom is -0.490 e. The number of alkyl halides is 1. The molecular formula is C13H20BrNO2. The predicted octanol–water partition coefficient (Wildman–Crippen LogP) is 3.43. The smallest absolute Gasteiger partial charge is 0.137 e. The largest absolute Gasteiger partial charge is 0.490 e. The molecule has 0 radical (unpaired) electrons. The van der Waals surface area contributed by atoms with Crippen LogP contribution in [0, 0.1) is 0 Å². The lowest BCUT2D eigenvalue weighted by molar-refractivity contribution is 0.0970. The molecule has 96 valence electrons. The first-order valence-electron chi connectivity index (χ1n) is 6.10. The number of unbranched alkanes of at least 4 members (excludes halogenated alkanes) is 3. The van der Waals surface area contributed by atoms with Crippen LogP contribution < -0.4 is 4.74 Å². The van der Waals surface area contributed by atoms with Crippen molar-refractivity contribution in [3.63, 3.8) is 0 Å². The SMILES string of the molecule is BrCCCCCCOCCOc1cccnc1. The Morgan fingerprint density at radius 3 is 2.71 bits per heavy atom. The molecule has 0 spiro atoms. The van der Waals surface area contributed by atoms with Crippen LogP contribution >= 0.6 is 15.9 Å². The van der Waals surface area contributed by atoms with Gasteiger partial charge in [0, 0.05) is 18.1 Å². The van der Waals surface area contributed by atoms with Crippen LogP contribution in [-0.4, -0.2) is 30.1 Å². The van der Waals surface area contributed by atoms with Crippen LogP contribution in [-0.2, 0) is 4.74 Å². The van der Waals surface area contributed by atoms with Gasteiger partial charge >= 0.3 is 0 Å². The first-order chi connectivity index (χ1) is 8.43.